The highest BCUT2D eigenvalue weighted by molar-refractivity contribution is 8.00. The van der Waals surface area contributed by atoms with E-state index in [1.807, 2.05) is 23.9 Å². The fourth-order valence-corrected chi connectivity index (χ4v) is 5.70. The van der Waals surface area contributed by atoms with Crippen molar-refractivity contribution in [1.82, 2.24) is 10.6 Å². The van der Waals surface area contributed by atoms with Crippen molar-refractivity contribution in [1.29, 1.82) is 0 Å². The zero-order valence-corrected chi connectivity index (χ0v) is 18.4. The minimum atomic E-state index is -0.552. The summed E-state index contributed by atoms with van der Waals surface area (Å²) in [5.74, 6) is 1.86. The second-order valence-corrected chi connectivity index (χ2v) is 9.85. The predicted molar refractivity (Wildman–Crippen MR) is 122 cm³/mol. The van der Waals surface area contributed by atoms with Gasteiger partial charge < -0.3 is 20.5 Å². The summed E-state index contributed by atoms with van der Waals surface area (Å²) in [5.41, 5.74) is 0. The number of aliphatic imine (C=N–C) groups is 1. The number of ether oxygens (including phenoxy) is 1. The third-order valence-electron chi connectivity index (χ3n) is 4.96. The van der Waals surface area contributed by atoms with Crippen LogP contribution in [0.4, 0.5) is 0 Å². The van der Waals surface area contributed by atoms with Gasteiger partial charge in [0.1, 0.15) is 6.10 Å². The molecule has 0 radical (unpaired) electrons. The zero-order chi connectivity index (χ0) is 19.8. The summed E-state index contributed by atoms with van der Waals surface area (Å²) in [6, 6.07) is 10.3. The van der Waals surface area contributed by atoms with Crippen molar-refractivity contribution in [3.05, 3.63) is 35.2 Å². The van der Waals surface area contributed by atoms with E-state index < -0.39 is 6.10 Å². The Morgan fingerprint density at radius 3 is 2.79 bits per heavy atom. The molecule has 1 saturated heterocycles. The van der Waals surface area contributed by atoms with Crippen LogP contribution in [0.2, 0.25) is 0 Å². The van der Waals surface area contributed by atoms with Gasteiger partial charge in [-0.2, -0.15) is 11.8 Å². The number of guanidine groups is 1. The Labute approximate surface area is 176 Å². The van der Waals surface area contributed by atoms with Gasteiger partial charge in [-0.05, 0) is 43.0 Å². The summed E-state index contributed by atoms with van der Waals surface area (Å²) in [5, 5.41) is 18.4. The van der Waals surface area contributed by atoms with Crippen molar-refractivity contribution < 1.29 is 9.84 Å². The Hall–Kier alpha value is -1.28. The lowest BCUT2D eigenvalue weighted by Gasteiger charge is -2.35. The Morgan fingerprint density at radius 1 is 1.29 bits per heavy atom. The average molecular weight is 422 g/mol. The molecule has 1 fully saturated rings. The van der Waals surface area contributed by atoms with Crippen molar-refractivity contribution in [3.63, 3.8) is 0 Å². The van der Waals surface area contributed by atoms with Gasteiger partial charge >= 0.3 is 0 Å². The lowest BCUT2D eigenvalue weighted by Crippen LogP contribution is -2.42. The number of nitrogens with one attached hydrogen (secondary N) is 2. The fraction of sp³-hybridized carbons (Fsp3) is 0.571. The van der Waals surface area contributed by atoms with Crippen LogP contribution in [0.25, 0.3) is 10.1 Å². The van der Waals surface area contributed by atoms with Crippen LogP contribution >= 0.6 is 23.1 Å². The molecular formula is C21H31N3O2S2. The van der Waals surface area contributed by atoms with Crippen LogP contribution in [-0.4, -0.2) is 54.4 Å². The Bertz CT molecular complexity index is 733. The number of fused-ring (bicyclic) bond motifs is 1. The van der Waals surface area contributed by atoms with Crippen LogP contribution in [-0.2, 0) is 4.74 Å². The van der Waals surface area contributed by atoms with E-state index in [0.717, 1.165) is 55.7 Å². The lowest BCUT2D eigenvalue weighted by molar-refractivity contribution is 0.0793. The van der Waals surface area contributed by atoms with Gasteiger partial charge in [0.25, 0.3) is 0 Å². The van der Waals surface area contributed by atoms with E-state index >= 15 is 0 Å². The van der Waals surface area contributed by atoms with Crippen LogP contribution in [0.15, 0.2) is 35.3 Å². The molecule has 7 heteroatoms. The summed E-state index contributed by atoms with van der Waals surface area (Å²) in [6.07, 6.45) is 1.53. The smallest absolute Gasteiger partial charge is 0.191 e. The lowest BCUT2D eigenvalue weighted by atomic mass is 9.99. The van der Waals surface area contributed by atoms with Gasteiger partial charge in [0.05, 0.1) is 6.54 Å². The molecule has 154 valence electrons. The fourth-order valence-electron chi connectivity index (χ4n) is 3.42. The molecule has 2 aromatic rings. The first kappa shape index (κ1) is 21.4. The number of aliphatic hydroxyl groups is 1. The molecule has 0 spiro atoms. The average Bonchev–Trinajstić information content (AvgIpc) is 3.15. The first-order valence-electron chi connectivity index (χ1n) is 10.1. The predicted octanol–water partition coefficient (Wildman–Crippen LogP) is 3.79. The molecule has 2 heterocycles. The van der Waals surface area contributed by atoms with Crippen molar-refractivity contribution in [2.24, 2.45) is 4.99 Å². The van der Waals surface area contributed by atoms with E-state index in [4.69, 9.17) is 9.73 Å². The largest absolute Gasteiger partial charge is 0.386 e. The number of aliphatic hydroxyl groups excluding tert-OH is 1. The molecule has 1 aromatic carbocycles. The number of thioether (sulfide) groups is 1. The zero-order valence-electron chi connectivity index (χ0n) is 16.7. The maximum absolute atomic E-state index is 10.6. The molecule has 0 amide bonds. The molecule has 1 atom stereocenters. The van der Waals surface area contributed by atoms with Crippen molar-refractivity contribution in [3.8, 4) is 0 Å². The monoisotopic (exact) mass is 421 g/mol. The van der Waals surface area contributed by atoms with Crippen LogP contribution in [0.5, 0.6) is 0 Å². The van der Waals surface area contributed by atoms with Crippen LogP contribution < -0.4 is 10.6 Å². The molecule has 3 N–H and O–H groups in total. The Morgan fingerprint density at radius 2 is 2.07 bits per heavy atom. The van der Waals surface area contributed by atoms with E-state index in [2.05, 4.69) is 42.7 Å². The number of hydrogen-bond donors (Lipinski definition) is 3. The summed E-state index contributed by atoms with van der Waals surface area (Å²) in [4.78, 5) is 5.83. The Kier molecular flexibility index (Phi) is 8.02. The number of nitrogens with zero attached hydrogens (tertiary/aromatic N) is 1. The van der Waals surface area contributed by atoms with Gasteiger partial charge in [0.15, 0.2) is 5.96 Å². The maximum Gasteiger partial charge on any atom is 0.191 e. The molecule has 3 rings (SSSR count). The molecule has 1 aliphatic rings. The highest BCUT2D eigenvalue weighted by atomic mass is 32.2. The Balaban J connectivity index is 1.62. The highest BCUT2D eigenvalue weighted by Gasteiger charge is 2.32. The number of benzene rings is 1. The van der Waals surface area contributed by atoms with Crippen molar-refractivity contribution >= 4 is 39.1 Å². The van der Waals surface area contributed by atoms with Gasteiger partial charge in [0.2, 0.25) is 0 Å². The summed E-state index contributed by atoms with van der Waals surface area (Å²) in [7, 11) is 0. The number of hydrogen-bond acceptors (Lipinski definition) is 5. The molecule has 0 saturated carbocycles. The van der Waals surface area contributed by atoms with Crippen LogP contribution in [0.1, 0.15) is 37.7 Å². The molecule has 0 aliphatic carbocycles. The second kappa shape index (κ2) is 10.5. The van der Waals surface area contributed by atoms with Crippen molar-refractivity contribution in [2.75, 3.05) is 38.6 Å². The van der Waals surface area contributed by atoms with E-state index in [1.165, 1.54) is 10.1 Å². The van der Waals surface area contributed by atoms with Crippen LogP contribution in [0.3, 0.4) is 0 Å². The van der Waals surface area contributed by atoms with Gasteiger partial charge in [-0.15, -0.1) is 11.3 Å². The van der Waals surface area contributed by atoms with Gasteiger partial charge in [-0.1, -0.05) is 25.1 Å². The molecule has 1 unspecified atom stereocenters. The minimum Gasteiger partial charge on any atom is -0.386 e. The quantitative estimate of drug-likeness (QED) is 0.447. The standard InChI is InChI=1S/C21H31N3O2S2/c1-3-22-20(24-15-21(27-4-2)9-11-26-12-10-21)23-14-17(25)19-13-16-7-5-6-8-18(16)28-19/h5-8,13,17,25H,3-4,9-12,14-15H2,1-2H3,(H2,22,23,24). The molecule has 28 heavy (non-hydrogen) atoms. The SMILES string of the molecule is CCNC(=NCC1(SCC)CCOCC1)NCC(O)c1cc2ccccc2s1. The molecular weight excluding hydrogens is 390 g/mol. The van der Waals surface area contributed by atoms with Gasteiger partial charge in [-0.3, -0.25) is 4.99 Å². The maximum atomic E-state index is 10.6. The van der Waals surface area contributed by atoms with E-state index in [-0.39, 0.29) is 4.75 Å². The summed E-state index contributed by atoms with van der Waals surface area (Å²) in [6.45, 7) is 7.90. The third kappa shape index (κ3) is 5.63. The topological polar surface area (TPSA) is 65.9 Å². The van der Waals surface area contributed by atoms with Crippen molar-refractivity contribution in [2.45, 2.75) is 37.5 Å². The molecule has 1 aliphatic heterocycles. The van der Waals surface area contributed by atoms with E-state index in [9.17, 15) is 5.11 Å². The summed E-state index contributed by atoms with van der Waals surface area (Å²) < 4.78 is 6.92. The number of thiophene rings is 1. The molecule has 0 bridgehead atoms. The first-order chi connectivity index (χ1) is 13.7. The first-order valence-corrected chi connectivity index (χ1v) is 11.9. The van der Waals surface area contributed by atoms with Crippen LogP contribution in [0, 0.1) is 0 Å². The molecule has 1 aromatic heterocycles. The van der Waals surface area contributed by atoms with E-state index in [1.54, 1.807) is 11.3 Å². The summed E-state index contributed by atoms with van der Waals surface area (Å²) >= 11 is 3.64. The molecule has 5 nitrogen and oxygen atoms in total. The van der Waals surface area contributed by atoms with E-state index in [0.29, 0.717) is 6.54 Å². The van der Waals surface area contributed by atoms with Gasteiger partial charge in [-0.25, -0.2) is 0 Å². The number of rotatable bonds is 8. The highest BCUT2D eigenvalue weighted by Crippen LogP contribution is 2.35. The second-order valence-electron chi connectivity index (χ2n) is 7.01. The van der Waals surface area contributed by atoms with Gasteiger partial charge in [0, 0.05) is 40.6 Å². The third-order valence-corrected chi connectivity index (χ3v) is 7.62. The minimum absolute atomic E-state index is 0.166. The normalized spacial score (nSPS) is 18.2.